The highest BCUT2D eigenvalue weighted by Gasteiger charge is 2.58. The first-order chi connectivity index (χ1) is 11.5. The molecule has 0 heterocycles. The molecule has 0 radical (unpaired) electrons. The summed E-state index contributed by atoms with van der Waals surface area (Å²) in [6.45, 7) is 4.08. The SMILES string of the molecule is CCCCCCCCCC1(C(=O)O)C=CC=CC1(CCC)C(=O)O. The summed E-state index contributed by atoms with van der Waals surface area (Å²) in [6, 6.07) is 0. The first-order valence-electron chi connectivity index (χ1n) is 9.30. The summed E-state index contributed by atoms with van der Waals surface area (Å²) in [6.07, 6.45) is 15.5. The van der Waals surface area contributed by atoms with E-state index < -0.39 is 22.8 Å². The van der Waals surface area contributed by atoms with Crippen molar-refractivity contribution in [2.24, 2.45) is 10.8 Å². The monoisotopic (exact) mass is 336 g/mol. The maximum Gasteiger partial charge on any atom is 0.315 e. The Labute approximate surface area is 145 Å². The van der Waals surface area contributed by atoms with Gasteiger partial charge in [0.15, 0.2) is 0 Å². The molecule has 2 N–H and O–H groups in total. The van der Waals surface area contributed by atoms with Gasteiger partial charge in [-0.2, -0.15) is 0 Å². The fourth-order valence-corrected chi connectivity index (χ4v) is 3.84. The second kappa shape index (κ2) is 9.65. The number of rotatable bonds is 12. The van der Waals surface area contributed by atoms with Crippen molar-refractivity contribution in [3.8, 4) is 0 Å². The summed E-state index contributed by atoms with van der Waals surface area (Å²) < 4.78 is 0. The van der Waals surface area contributed by atoms with E-state index in [-0.39, 0.29) is 0 Å². The van der Waals surface area contributed by atoms with E-state index in [2.05, 4.69) is 6.92 Å². The Morgan fingerprint density at radius 1 is 0.708 bits per heavy atom. The van der Waals surface area contributed by atoms with Crippen molar-refractivity contribution < 1.29 is 19.8 Å². The van der Waals surface area contributed by atoms with Crippen molar-refractivity contribution in [2.45, 2.75) is 78.1 Å². The van der Waals surface area contributed by atoms with Crippen LogP contribution in [0.2, 0.25) is 0 Å². The lowest BCUT2D eigenvalue weighted by molar-refractivity contribution is -0.167. The Morgan fingerprint density at radius 3 is 1.62 bits per heavy atom. The van der Waals surface area contributed by atoms with E-state index >= 15 is 0 Å². The molecule has 2 unspecified atom stereocenters. The predicted octanol–water partition coefficient (Wildman–Crippen LogP) is 5.20. The lowest BCUT2D eigenvalue weighted by Crippen LogP contribution is -2.51. The van der Waals surface area contributed by atoms with Gasteiger partial charge in [0, 0.05) is 0 Å². The second-order valence-electron chi connectivity index (χ2n) is 6.89. The van der Waals surface area contributed by atoms with Gasteiger partial charge in [0.25, 0.3) is 0 Å². The highest BCUT2D eigenvalue weighted by Crippen LogP contribution is 2.51. The van der Waals surface area contributed by atoms with Gasteiger partial charge in [-0.05, 0) is 12.8 Å². The first kappa shape index (κ1) is 20.5. The van der Waals surface area contributed by atoms with Crippen molar-refractivity contribution in [1.29, 1.82) is 0 Å². The van der Waals surface area contributed by atoms with Crippen molar-refractivity contribution >= 4 is 11.9 Å². The number of carboxylic acids is 2. The van der Waals surface area contributed by atoms with Crippen LogP contribution in [0.5, 0.6) is 0 Å². The molecular formula is C20H32O4. The third-order valence-corrected chi connectivity index (χ3v) is 5.25. The van der Waals surface area contributed by atoms with Gasteiger partial charge in [0.2, 0.25) is 0 Å². The van der Waals surface area contributed by atoms with Crippen LogP contribution in [0.25, 0.3) is 0 Å². The molecule has 0 aromatic rings. The number of carbonyl (C=O) groups is 2. The zero-order valence-electron chi connectivity index (χ0n) is 15.1. The Kier molecular flexibility index (Phi) is 8.23. The zero-order valence-corrected chi connectivity index (χ0v) is 15.1. The molecule has 0 amide bonds. The minimum atomic E-state index is -1.34. The average molecular weight is 336 g/mol. The Hall–Kier alpha value is -1.58. The topological polar surface area (TPSA) is 74.6 Å². The van der Waals surface area contributed by atoms with E-state index in [0.717, 1.165) is 19.3 Å². The van der Waals surface area contributed by atoms with Gasteiger partial charge in [-0.15, -0.1) is 0 Å². The molecule has 0 saturated carbocycles. The van der Waals surface area contributed by atoms with Crippen LogP contribution in [0.3, 0.4) is 0 Å². The largest absolute Gasteiger partial charge is 0.481 e. The summed E-state index contributed by atoms with van der Waals surface area (Å²) in [5, 5.41) is 19.8. The highest BCUT2D eigenvalue weighted by molar-refractivity contribution is 5.90. The van der Waals surface area contributed by atoms with E-state index in [0.29, 0.717) is 19.3 Å². The van der Waals surface area contributed by atoms with Gasteiger partial charge in [-0.25, -0.2) is 0 Å². The van der Waals surface area contributed by atoms with Crippen molar-refractivity contribution in [1.82, 2.24) is 0 Å². The summed E-state index contributed by atoms with van der Waals surface area (Å²) >= 11 is 0. The minimum absolute atomic E-state index is 0.339. The summed E-state index contributed by atoms with van der Waals surface area (Å²) in [4.78, 5) is 24.2. The van der Waals surface area contributed by atoms with Crippen LogP contribution in [0.1, 0.15) is 78.1 Å². The van der Waals surface area contributed by atoms with E-state index in [1.165, 1.54) is 25.7 Å². The molecule has 136 valence electrons. The Bertz CT molecular complexity index is 480. The van der Waals surface area contributed by atoms with Crippen LogP contribution in [0.4, 0.5) is 0 Å². The van der Waals surface area contributed by atoms with Gasteiger partial charge in [-0.1, -0.05) is 89.5 Å². The fourth-order valence-electron chi connectivity index (χ4n) is 3.84. The number of unbranched alkanes of at least 4 members (excludes halogenated alkanes) is 6. The molecule has 2 atom stereocenters. The smallest absolute Gasteiger partial charge is 0.315 e. The molecule has 1 aliphatic rings. The molecule has 1 aliphatic carbocycles. The van der Waals surface area contributed by atoms with Gasteiger partial charge in [0.05, 0.1) is 0 Å². The van der Waals surface area contributed by atoms with E-state index in [1.807, 2.05) is 6.92 Å². The maximum atomic E-state index is 12.1. The molecule has 0 bridgehead atoms. The third kappa shape index (κ3) is 4.28. The van der Waals surface area contributed by atoms with Crippen molar-refractivity contribution in [3.63, 3.8) is 0 Å². The third-order valence-electron chi connectivity index (χ3n) is 5.25. The van der Waals surface area contributed by atoms with Crippen LogP contribution < -0.4 is 0 Å². The standard InChI is InChI=1S/C20H32O4/c1-3-5-6-7-8-9-10-14-20(18(23)24)16-12-11-15-19(20,13-4-2)17(21)22/h11-12,15-16H,3-10,13-14H2,1-2H3,(H,21,22)(H,23,24). The molecule has 0 aromatic heterocycles. The molecule has 4 heteroatoms. The predicted molar refractivity (Wildman–Crippen MR) is 95.9 cm³/mol. The van der Waals surface area contributed by atoms with Crippen LogP contribution in [0, 0.1) is 10.8 Å². The number of allylic oxidation sites excluding steroid dienone is 2. The molecule has 24 heavy (non-hydrogen) atoms. The van der Waals surface area contributed by atoms with Gasteiger partial charge in [-0.3, -0.25) is 9.59 Å². The summed E-state index contributed by atoms with van der Waals surface area (Å²) in [7, 11) is 0. The Balaban J connectivity index is 2.84. The summed E-state index contributed by atoms with van der Waals surface area (Å²) in [5.41, 5.74) is -2.68. The molecular weight excluding hydrogens is 304 g/mol. The molecule has 0 aliphatic heterocycles. The number of hydrogen-bond donors (Lipinski definition) is 2. The minimum Gasteiger partial charge on any atom is -0.481 e. The lowest BCUT2D eigenvalue weighted by Gasteiger charge is -2.43. The van der Waals surface area contributed by atoms with Crippen molar-refractivity contribution in [3.05, 3.63) is 24.3 Å². The molecule has 1 rings (SSSR count). The second-order valence-corrected chi connectivity index (χ2v) is 6.89. The normalized spacial score (nSPS) is 25.8. The van der Waals surface area contributed by atoms with Crippen LogP contribution in [0.15, 0.2) is 24.3 Å². The van der Waals surface area contributed by atoms with Crippen LogP contribution >= 0.6 is 0 Å². The number of carboxylic acid groups (broad SMARTS) is 2. The maximum absolute atomic E-state index is 12.1. The Morgan fingerprint density at radius 2 is 1.17 bits per heavy atom. The average Bonchev–Trinajstić information content (AvgIpc) is 2.55. The fraction of sp³-hybridized carbons (Fsp3) is 0.700. The van der Waals surface area contributed by atoms with Gasteiger partial charge < -0.3 is 10.2 Å². The van der Waals surface area contributed by atoms with E-state index in [9.17, 15) is 19.8 Å². The molecule has 0 spiro atoms. The van der Waals surface area contributed by atoms with Gasteiger partial charge in [0.1, 0.15) is 10.8 Å². The summed E-state index contributed by atoms with van der Waals surface area (Å²) in [5.74, 6) is -2.06. The molecule has 0 aromatic carbocycles. The van der Waals surface area contributed by atoms with E-state index in [1.54, 1.807) is 24.3 Å². The number of hydrogen-bond acceptors (Lipinski definition) is 2. The first-order valence-corrected chi connectivity index (χ1v) is 9.30. The van der Waals surface area contributed by atoms with Gasteiger partial charge >= 0.3 is 11.9 Å². The molecule has 0 saturated heterocycles. The van der Waals surface area contributed by atoms with Crippen LogP contribution in [-0.2, 0) is 9.59 Å². The lowest BCUT2D eigenvalue weighted by atomic mass is 9.57. The van der Waals surface area contributed by atoms with Crippen molar-refractivity contribution in [2.75, 3.05) is 0 Å². The quantitative estimate of drug-likeness (QED) is 0.481. The zero-order chi connectivity index (χ0) is 18.1. The number of aliphatic carboxylic acids is 2. The highest BCUT2D eigenvalue weighted by atomic mass is 16.4. The molecule has 0 fully saturated rings. The van der Waals surface area contributed by atoms with E-state index in [4.69, 9.17) is 0 Å². The van der Waals surface area contributed by atoms with Crippen LogP contribution in [-0.4, -0.2) is 22.2 Å². The molecule has 4 nitrogen and oxygen atoms in total.